The number of carbonyl (C=O) groups excluding carboxylic acids is 2. The summed E-state index contributed by atoms with van der Waals surface area (Å²) in [5.74, 6) is -0.238. The molecule has 1 heterocycles. The minimum atomic E-state index is -3.81. The minimum absolute atomic E-state index is 0.0684. The van der Waals surface area contributed by atoms with E-state index < -0.39 is 28.5 Å². The largest absolute Gasteiger partial charge is 0.456 e. The fraction of sp³-hybridized carbons (Fsp3) is 0.636. The van der Waals surface area contributed by atoms with Gasteiger partial charge in [-0.15, -0.1) is 0 Å². The molecule has 0 bridgehead atoms. The number of benzene rings is 1. The molecule has 32 heavy (non-hydrogen) atoms. The highest BCUT2D eigenvalue weighted by atomic mass is 35.5. The van der Waals surface area contributed by atoms with Crippen molar-refractivity contribution in [3.63, 3.8) is 0 Å². The Hall–Kier alpha value is -1.68. The van der Waals surface area contributed by atoms with E-state index in [-0.39, 0.29) is 28.7 Å². The number of nitrogens with one attached hydrogen (secondary N) is 1. The molecule has 1 aromatic rings. The van der Waals surface area contributed by atoms with Gasteiger partial charge < -0.3 is 14.8 Å². The Labute approximate surface area is 194 Å². The van der Waals surface area contributed by atoms with Crippen molar-refractivity contribution in [2.24, 2.45) is 5.92 Å². The highest BCUT2D eigenvalue weighted by molar-refractivity contribution is 7.89. The van der Waals surface area contributed by atoms with Crippen LogP contribution in [-0.2, 0) is 29.1 Å². The van der Waals surface area contributed by atoms with Crippen molar-refractivity contribution in [1.82, 2.24) is 4.31 Å². The average Bonchev–Trinajstić information content (AvgIpc) is 2.80. The number of amides is 1. The first-order valence-electron chi connectivity index (χ1n) is 11.2. The highest BCUT2D eigenvalue weighted by Gasteiger charge is 2.28. The summed E-state index contributed by atoms with van der Waals surface area (Å²) in [7, 11) is -3.81. The molecule has 1 N–H and O–H groups in total. The lowest BCUT2D eigenvalue weighted by atomic mass is 9.86. The Kier molecular flexibility index (Phi) is 9.34. The Morgan fingerprint density at radius 3 is 2.59 bits per heavy atom. The standard InChI is InChI=1S/C22H31ClN2O6S/c23-19-10-9-18(15-20(19)32(28,29)25-11-13-30-14-12-25)24-21(26)16-31-22(27)8-4-7-17-5-2-1-3-6-17/h9-10,15,17H,1-8,11-14,16H2,(H,24,26). The molecule has 2 aliphatic rings. The van der Waals surface area contributed by atoms with Gasteiger partial charge in [0, 0.05) is 25.2 Å². The Bertz CT molecular complexity index is 896. The number of nitrogens with zero attached hydrogens (tertiary/aromatic N) is 1. The molecule has 1 amide bonds. The molecule has 10 heteroatoms. The summed E-state index contributed by atoms with van der Waals surface area (Å²) in [4.78, 5) is 24.0. The van der Waals surface area contributed by atoms with E-state index >= 15 is 0 Å². The van der Waals surface area contributed by atoms with Gasteiger partial charge in [-0.25, -0.2) is 8.42 Å². The van der Waals surface area contributed by atoms with Gasteiger partial charge >= 0.3 is 5.97 Å². The summed E-state index contributed by atoms with van der Waals surface area (Å²) in [6.07, 6.45) is 8.42. The van der Waals surface area contributed by atoms with E-state index in [1.54, 1.807) is 0 Å². The number of rotatable bonds is 9. The van der Waals surface area contributed by atoms with E-state index in [1.165, 1.54) is 54.6 Å². The molecule has 8 nitrogen and oxygen atoms in total. The van der Waals surface area contributed by atoms with E-state index in [0.29, 0.717) is 25.6 Å². The van der Waals surface area contributed by atoms with E-state index in [4.69, 9.17) is 21.1 Å². The Balaban J connectivity index is 1.47. The van der Waals surface area contributed by atoms with Crippen LogP contribution in [0.5, 0.6) is 0 Å². The third-order valence-electron chi connectivity index (χ3n) is 5.89. The lowest BCUT2D eigenvalue weighted by Gasteiger charge is -2.26. The van der Waals surface area contributed by atoms with Crippen LogP contribution in [0.15, 0.2) is 23.1 Å². The van der Waals surface area contributed by atoms with Gasteiger partial charge in [0.25, 0.3) is 5.91 Å². The molecule has 0 atom stereocenters. The summed E-state index contributed by atoms with van der Waals surface area (Å²) in [5, 5.41) is 2.63. The predicted molar refractivity (Wildman–Crippen MR) is 121 cm³/mol. The molecular weight excluding hydrogens is 456 g/mol. The number of anilines is 1. The van der Waals surface area contributed by atoms with Gasteiger partial charge in [0.1, 0.15) is 4.90 Å². The Morgan fingerprint density at radius 2 is 1.88 bits per heavy atom. The van der Waals surface area contributed by atoms with Crippen molar-refractivity contribution in [2.45, 2.75) is 56.3 Å². The fourth-order valence-corrected chi connectivity index (χ4v) is 6.04. The van der Waals surface area contributed by atoms with Crippen molar-refractivity contribution in [3.05, 3.63) is 23.2 Å². The molecule has 0 unspecified atom stereocenters. The third kappa shape index (κ3) is 7.16. The average molecular weight is 487 g/mol. The van der Waals surface area contributed by atoms with Gasteiger partial charge in [0.05, 0.1) is 18.2 Å². The first-order valence-corrected chi connectivity index (χ1v) is 13.0. The van der Waals surface area contributed by atoms with E-state index in [9.17, 15) is 18.0 Å². The molecule has 1 saturated heterocycles. The van der Waals surface area contributed by atoms with E-state index in [1.807, 2.05) is 0 Å². The summed E-state index contributed by atoms with van der Waals surface area (Å²) < 4.78 is 37.3. The van der Waals surface area contributed by atoms with Gasteiger partial charge in [-0.1, -0.05) is 43.7 Å². The lowest BCUT2D eigenvalue weighted by Crippen LogP contribution is -2.40. The highest BCUT2D eigenvalue weighted by Crippen LogP contribution is 2.29. The van der Waals surface area contributed by atoms with Gasteiger partial charge in [-0.3, -0.25) is 9.59 Å². The van der Waals surface area contributed by atoms with Gasteiger partial charge in [0.15, 0.2) is 6.61 Å². The summed E-state index contributed by atoms with van der Waals surface area (Å²) in [6.45, 7) is 0.701. The van der Waals surface area contributed by atoms with Crippen LogP contribution in [0.4, 0.5) is 5.69 Å². The zero-order valence-electron chi connectivity index (χ0n) is 18.2. The minimum Gasteiger partial charge on any atom is -0.456 e. The lowest BCUT2D eigenvalue weighted by molar-refractivity contribution is -0.147. The molecule has 3 rings (SSSR count). The van der Waals surface area contributed by atoms with Crippen LogP contribution in [0, 0.1) is 5.92 Å². The molecule has 0 spiro atoms. The normalized spacial score (nSPS) is 18.3. The van der Waals surface area contributed by atoms with Crippen molar-refractivity contribution in [1.29, 1.82) is 0 Å². The molecular formula is C22H31ClN2O6S. The zero-order valence-corrected chi connectivity index (χ0v) is 19.8. The van der Waals surface area contributed by atoms with Crippen LogP contribution in [0.3, 0.4) is 0 Å². The second-order valence-electron chi connectivity index (χ2n) is 8.27. The first-order chi connectivity index (χ1) is 15.4. The van der Waals surface area contributed by atoms with Crippen LogP contribution in [0.2, 0.25) is 5.02 Å². The number of esters is 1. The second kappa shape index (κ2) is 12.0. The number of halogens is 1. The van der Waals surface area contributed by atoms with Gasteiger partial charge in [-0.05, 0) is 37.0 Å². The summed E-state index contributed by atoms with van der Waals surface area (Å²) >= 11 is 6.12. The number of ether oxygens (including phenoxy) is 2. The maximum atomic E-state index is 12.9. The molecule has 2 fully saturated rings. The Morgan fingerprint density at radius 1 is 1.16 bits per heavy atom. The number of carbonyl (C=O) groups is 2. The molecule has 1 aromatic carbocycles. The molecule has 0 aromatic heterocycles. The van der Waals surface area contributed by atoms with Crippen LogP contribution in [-0.4, -0.2) is 57.5 Å². The van der Waals surface area contributed by atoms with Crippen molar-refractivity contribution in [2.75, 3.05) is 38.2 Å². The first kappa shape index (κ1) is 25.0. The number of sulfonamides is 1. The summed E-state index contributed by atoms with van der Waals surface area (Å²) in [5.41, 5.74) is 0.264. The summed E-state index contributed by atoms with van der Waals surface area (Å²) in [6, 6.07) is 4.24. The third-order valence-corrected chi connectivity index (χ3v) is 8.27. The van der Waals surface area contributed by atoms with Crippen molar-refractivity contribution in [3.8, 4) is 0 Å². The molecule has 1 aliphatic heterocycles. The van der Waals surface area contributed by atoms with Crippen LogP contribution in [0.25, 0.3) is 0 Å². The maximum Gasteiger partial charge on any atom is 0.306 e. The number of hydrogen-bond acceptors (Lipinski definition) is 6. The smallest absolute Gasteiger partial charge is 0.306 e. The number of morpholine rings is 1. The molecule has 1 aliphatic carbocycles. The monoisotopic (exact) mass is 486 g/mol. The van der Waals surface area contributed by atoms with Crippen LogP contribution >= 0.6 is 11.6 Å². The second-order valence-corrected chi connectivity index (χ2v) is 10.6. The SMILES string of the molecule is O=C(COC(=O)CCCC1CCCCC1)Nc1ccc(Cl)c(S(=O)(=O)N2CCOCC2)c1. The van der Waals surface area contributed by atoms with Gasteiger partial charge in [0.2, 0.25) is 10.0 Å². The van der Waals surface area contributed by atoms with Crippen molar-refractivity contribution < 1.29 is 27.5 Å². The molecule has 178 valence electrons. The molecule has 1 saturated carbocycles. The van der Waals surface area contributed by atoms with E-state index in [2.05, 4.69) is 5.32 Å². The van der Waals surface area contributed by atoms with Crippen LogP contribution < -0.4 is 5.32 Å². The fourth-order valence-electron chi connectivity index (χ4n) is 4.13. The van der Waals surface area contributed by atoms with E-state index in [0.717, 1.165) is 12.8 Å². The maximum absolute atomic E-state index is 12.9. The van der Waals surface area contributed by atoms with Crippen LogP contribution in [0.1, 0.15) is 51.4 Å². The number of hydrogen-bond donors (Lipinski definition) is 1. The zero-order chi connectivity index (χ0) is 23.0. The van der Waals surface area contributed by atoms with Gasteiger partial charge in [-0.2, -0.15) is 4.31 Å². The predicted octanol–water partition coefficient (Wildman–Crippen LogP) is 3.59. The molecule has 0 radical (unpaired) electrons. The van der Waals surface area contributed by atoms with Crippen molar-refractivity contribution >= 4 is 39.2 Å². The quantitative estimate of drug-likeness (QED) is 0.535. The topological polar surface area (TPSA) is 102 Å².